The molecule has 1 amide bonds. The van der Waals surface area contributed by atoms with Crippen molar-refractivity contribution < 1.29 is 4.79 Å². The quantitative estimate of drug-likeness (QED) is 0.803. The molecule has 2 N–H and O–H groups in total. The molecule has 0 aliphatic heterocycles. The molecule has 5 nitrogen and oxygen atoms in total. The lowest BCUT2D eigenvalue weighted by atomic mass is 10.1. The van der Waals surface area contributed by atoms with Crippen molar-refractivity contribution in [2.24, 2.45) is 0 Å². The fourth-order valence-electron chi connectivity index (χ4n) is 1.97. The van der Waals surface area contributed by atoms with Crippen LogP contribution in [0.5, 0.6) is 0 Å². The predicted molar refractivity (Wildman–Crippen MR) is 73.0 cm³/mol. The number of amides is 1. The third kappa shape index (κ3) is 3.64. The molecule has 100 valence electrons. The fraction of sp³-hybridized carbons (Fsp3) is 0.357. The molecule has 2 aromatic rings. The molecular formula is C14H18N4O. The summed E-state index contributed by atoms with van der Waals surface area (Å²) >= 11 is 0. The first-order chi connectivity index (χ1) is 9.16. The summed E-state index contributed by atoms with van der Waals surface area (Å²) < 4.78 is 0. The molecule has 0 radical (unpaired) electrons. The Hall–Kier alpha value is -2.17. The Morgan fingerprint density at radius 2 is 2.21 bits per heavy atom. The number of rotatable bonds is 5. The third-order valence-corrected chi connectivity index (χ3v) is 2.97. The highest BCUT2D eigenvalue weighted by molar-refractivity contribution is 5.95. The van der Waals surface area contributed by atoms with Gasteiger partial charge in [0.15, 0.2) is 0 Å². The Bertz CT molecular complexity index is 549. The Morgan fingerprint density at radius 3 is 2.89 bits per heavy atom. The van der Waals surface area contributed by atoms with Gasteiger partial charge in [0.1, 0.15) is 12.2 Å². The molecule has 0 aliphatic carbocycles. The van der Waals surface area contributed by atoms with E-state index in [0.717, 1.165) is 29.8 Å². The number of hydrogen-bond acceptors (Lipinski definition) is 3. The molecule has 0 saturated heterocycles. The van der Waals surface area contributed by atoms with Crippen molar-refractivity contribution in [3.63, 3.8) is 0 Å². The van der Waals surface area contributed by atoms with Crippen LogP contribution in [0.3, 0.4) is 0 Å². The molecule has 0 spiro atoms. The van der Waals surface area contributed by atoms with E-state index in [9.17, 15) is 4.79 Å². The van der Waals surface area contributed by atoms with E-state index in [1.165, 1.54) is 11.9 Å². The second-order valence-corrected chi connectivity index (χ2v) is 4.61. The Morgan fingerprint density at radius 1 is 1.37 bits per heavy atom. The van der Waals surface area contributed by atoms with E-state index in [0.29, 0.717) is 6.54 Å². The Labute approximate surface area is 112 Å². The summed E-state index contributed by atoms with van der Waals surface area (Å²) in [5.41, 5.74) is 2.91. The second-order valence-electron chi connectivity index (χ2n) is 4.61. The zero-order chi connectivity index (χ0) is 13.7. The monoisotopic (exact) mass is 258 g/mol. The number of aryl methyl sites for hydroxylation is 3. The van der Waals surface area contributed by atoms with Gasteiger partial charge in [-0.15, -0.1) is 0 Å². The minimum Gasteiger partial charge on any atom is -0.352 e. The first-order valence-electron chi connectivity index (χ1n) is 6.36. The van der Waals surface area contributed by atoms with Crippen molar-refractivity contribution in [3.05, 3.63) is 47.0 Å². The van der Waals surface area contributed by atoms with Crippen LogP contribution in [-0.4, -0.2) is 27.6 Å². The van der Waals surface area contributed by atoms with Crippen LogP contribution in [0, 0.1) is 13.8 Å². The molecule has 1 aromatic heterocycles. The van der Waals surface area contributed by atoms with Gasteiger partial charge in [0.05, 0.1) is 0 Å². The maximum absolute atomic E-state index is 12.0. The van der Waals surface area contributed by atoms with Gasteiger partial charge < -0.3 is 5.32 Å². The van der Waals surface area contributed by atoms with E-state index < -0.39 is 0 Å². The van der Waals surface area contributed by atoms with E-state index in [1.807, 2.05) is 32.0 Å². The molecule has 0 atom stereocenters. The lowest BCUT2D eigenvalue weighted by molar-refractivity contribution is 0.0952. The summed E-state index contributed by atoms with van der Waals surface area (Å²) in [5, 5.41) is 9.50. The van der Waals surface area contributed by atoms with Gasteiger partial charge in [-0.2, -0.15) is 5.10 Å². The predicted octanol–water partition coefficient (Wildman–Crippen LogP) is 1.78. The fourth-order valence-corrected chi connectivity index (χ4v) is 1.97. The summed E-state index contributed by atoms with van der Waals surface area (Å²) in [6, 6.07) is 5.84. The van der Waals surface area contributed by atoms with Gasteiger partial charge in [0, 0.05) is 18.5 Å². The lowest BCUT2D eigenvalue weighted by Crippen LogP contribution is -2.25. The van der Waals surface area contributed by atoms with E-state index in [2.05, 4.69) is 20.5 Å². The van der Waals surface area contributed by atoms with E-state index in [1.54, 1.807) is 0 Å². The number of nitrogens with one attached hydrogen (secondary N) is 2. The number of nitrogens with zero attached hydrogens (tertiary/aromatic N) is 2. The van der Waals surface area contributed by atoms with Crippen LogP contribution in [0.15, 0.2) is 24.5 Å². The summed E-state index contributed by atoms with van der Waals surface area (Å²) in [4.78, 5) is 16.0. The molecule has 0 saturated carbocycles. The highest BCUT2D eigenvalue weighted by Gasteiger charge is 2.08. The van der Waals surface area contributed by atoms with Gasteiger partial charge in [0.2, 0.25) is 0 Å². The summed E-state index contributed by atoms with van der Waals surface area (Å²) in [7, 11) is 0. The van der Waals surface area contributed by atoms with Crippen molar-refractivity contribution in [2.75, 3.05) is 6.54 Å². The summed E-state index contributed by atoms with van der Waals surface area (Å²) in [6.45, 7) is 4.61. The van der Waals surface area contributed by atoms with Crippen molar-refractivity contribution in [1.82, 2.24) is 20.5 Å². The lowest BCUT2D eigenvalue weighted by Gasteiger charge is -2.08. The number of carbonyl (C=O) groups is 1. The Balaban J connectivity index is 1.81. The van der Waals surface area contributed by atoms with Crippen molar-refractivity contribution >= 4 is 5.91 Å². The minimum absolute atomic E-state index is 0.0185. The van der Waals surface area contributed by atoms with Gasteiger partial charge in [-0.25, -0.2) is 4.98 Å². The standard InChI is InChI=1S/C14H18N4O/c1-10-5-6-12(11(2)8-10)14(19)15-7-3-4-13-16-9-17-18-13/h5-6,8-9H,3-4,7H2,1-2H3,(H,15,19)(H,16,17,18). The summed E-state index contributed by atoms with van der Waals surface area (Å²) in [5.74, 6) is 0.829. The van der Waals surface area contributed by atoms with Crippen LogP contribution in [0.2, 0.25) is 0 Å². The van der Waals surface area contributed by atoms with Gasteiger partial charge in [-0.1, -0.05) is 17.7 Å². The van der Waals surface area contributed by atoms with Crippen LogP contribution in [0.4, 0.5) is 0 Å². The average molecular weight is 258 g/mol. The SMILES string of the molecule is Cc1ccc(C(=O)NCCCc2ncn[nH]2)c(C)c1. The highest BCUT2D eigenvalue weighted by Crippen LogP contribution is 2.10. The first kappa shape index (κ1) is 13.3. The van der Waals surface area contributed by atoms with E-state index in [4.69, 9.17) is 0 Å². The molecule has 19 heavy (non-hydrogen) atoms. The van der Waals surface area contributed by atoms with E-state index >= 15 is 0 Å². The zero-order valence-electron chi connectivity index (χ0n) is 11.2. The molecule has 1 heterocycles. The zero-order valence-corrected chi connectivity index (χ0v) is 11.2. The molecular weight excluding hydrogens is 240 g/mol. The maximum atomic E-state index is 12.0. The molecule has 0 fully saturated rings. The van der Waals surface area contributed by atoms with Gasteiger partial charge in [-0.3, -0.25) is 9.89 Å². The first-order valence-corrected chi connectivity index (χ1v) is 6.36. The number of aromatic nitrogens is 3. The highest BCUT2D eigenvalue weighted by atomic mass is 16.1. The van der Waals surface area contributed by atoms with Crippen molar-refractivity contribution in [2.45, 2.75) is 26.7 Å². The molecule has 1 aromatic carbocycles. The molecule has 2 rings (SSSR count). The number of hydrogen-bond donors (Lipinski definition) is 2. The number of H-pyrrole nitrogens is 1. The second kappa shape index (κ2) is 6.13. The molecule has 0 bridgehead atoms. The molecule has 5 heteroatoms. The van der Waals surface area contributed by atoms with Crippen LogP contribution < -0.4 is 5.32 Å². The topological polar surface area (TPSA) is 70.7 Å². The number of carbonyl (C=O) groups excluding carboxylic acids is 1. The third-order valence-electron chi connectivity index (χ3n) is 2.97. The average Bonchev–Trinajstić information content (AvgIpc) is 2.87. The number of benzene rings is 1. The van der Waals surface area contributed by atoms with Gasteiger partial charge in [0.25, 0.3) is 5.91 Å². The van der Waals surface area contributed by atoms with Crippen molar-refractivity contribution in [1.29, 1.82) is 0 Å². The van der Waals surface area contributed by atoms with Gasteiger partial charge in [-0.05, 0) is 31.9 Å². The summed E-state index contributed by atoms with van der Waals surface area (Å²) in [6.07, 6.45) is 3.11. The van der Waals surface area contributed by atoms with Crippen LogP contribution in [0.1, 0.15) is 33.7 Å². The Kier molecular flexibility index (Phi) is 4.28. The minimum atomic E-state index is -0.0185. The normalized spacial score (nSPS) is 10.4. The largest absolute Gasteiger partial charge is 0.352 e. The molecule has 0 unspecified atom stereocenters. The maximum Gasteiger partial charge on any atom is 0.251 e. The van der Waals surface area contributed by atoms with Crippen LogP contribution >= 0.6 is 0 Å². The molecule has 0 aliphatic rings. The van der Waals surface area contributed by atoms with Gasteiger partial charge >= 0.3 is 0 Å². The smallest absolute Gasteiger partial charge is 0.251 e. The number of aromatic amines is 1. The van der Waals surface area contributed by atoms with E-state index in [-0.39, 0.29) is 5.91 Å². The van der Waals surface area contributed by atoms with Crippen molar-refractivity contribution in [3.8, 4) is 0 Å². The van der Waals surface area contributed by atoms with Crippen LogP contribution in [0.25, 0.3) is 0 Å². The van der Waals surface area contributed by atoms with Crippen LogP contribution in [-0.2, 0) is 6.42 Å².